The van der Waals surface area contributed by atoms with Gasteiger partial charge in [-0.25, -0.2) is 4.98 Å². The first-order valence-corrected chi connectivity index (χ1v) is 6.48. The molecule has 2 heterocycles. The van der Waals surface area contributed by atoms with Gasteiger partial charge in [0.25, 0.3) is 0 Å². The van der Waals surface area contributed by atoms with E-state index in [1.807, 2.05) is 25.2 Å². The van der Waals surface area contributed by atoms with Crippen LogP contribution in [0.5, 0.6) is 0 Å². The van der Waals surface area contributed by atoms with E-state index in [0.717, 1.165) is 24.8 Å². The molecule has 1 fully saturated rings. The molecule has 90 valence electrons. The van der Waals surface area contributed by atoms with Crippen molar-refractivity contribution >= 4 is 16.5 Å². The maximum absolute atomic E-state index is 6.01. The Labute approximate surface area is 101 Å². The molecule has 1 saturated heterocycles. The van der Waals surface area contributed by atoms with Crippen LogP contribution < -0.4 is 10.6 Å². The summed E-state index contributed by atoms with van der Waals surface area (Å²) in [4.78, 5) is 10.2. The predicted octanol–water partition coefficient (Wildman–Crippen LogP) is 0.988. The van der Waals surface area contributed by atoms with E-state index in [4.69, 9.17) is 5.73 Å². The number of likely N-dealkylation sites (tertiary alicyclic amines) is 1. The number of hydrogen-bond donors (Lipinski definition) is 1. The van der Waals surface area contributed by atoms with E-state index in [1.165, 1.54) is 4.88 Å². The highest BCUT2D eigenvalue weighted by atomic mass is 32.1. The molecule has 2 rings (SSSR count). The third-order valence-electron chi connectivity index (χ3n) is 3.05. The molecule has 0 radical (unpaired) electrons. The molecule has 1 aliphatic heterocycles. The van der Waals surface area contributed by atoms with Crippen molar-refractivity contribution in [1.29, 1.82) is 0 Å². The minimum Gasteiger partial charge on any atom is -0.354 e. The zero-order valence-electron chi connectivity index (χ0n) is 10.2. The molecular formula is C11H20N4S. The lowest BCUT2D eigenvalue weighted by molar-refractivity contribution is 0.321. The second-order valence-corrected chi connectivity index (χ2v) is 5.93. The summed E-state index contributed by atoms with van der Waals surface area (Å²) in [5, 5.41) is 1.08. The lowest BCUT2D eigenvalue weighted by Crippen LogP contribution is -2.28. The topological polar surface area (TPSA) is 45.4 Å². The molecule has 2 atom stereocenters. The average molecular weight is 240 g/mol. The Bertz CT molecular complexity index is 340. The van der Waals surface area contributed by atoms with Crippen LogP contribution in [0.15, 0.2) is 6.20 Å². The van der Waals surface area contributed by atoms with Crippen molar-refractivity contribution < 1.29 is 0 Å². The number of aromatic nitrogens is 1. The van der Waals surface area contributed by atoms with Crippen molar-refractivity contribution in [1.82, 2.24) is 9.88 Å². The van der Waals surface area contributed by atoms with Crippen LogP contribution in [0.1, 0.15) is 11.8 Å². The highest BCUT2D eigenvalue weighted by molar-refractivity contribution is 7.15. The maximum atomic E-state index is 6.01. The molecule has 4 nitrogen and oxygen atoms in total. The Hall–Kier alpha value is -0.650. The first-order chi connectivity index (χ1) is 7.56. The summed E-state index contributed by atoms with van der Waals surface area (Å²) in [6, 6.07) is 0.334. The molecule has 1 aromatic heterocycles. The summed E-state index contributed by atoms with van der Waals surface area (Å²) >= 11 is 1.76. The molecule has 0 amide bonds. The summed E-state index contributed by atoms with van der Waals surface area (Å²) in [6.45, 7) is 5.33. The standard InChI is InChI=1S/C11H20N4S/c1-8-5-15(7-10(8)12)6-9-4-13-11(16-9)14(2)3/h4,8,10H,5-7,12H2,1-3H3. The molecule has 16 heavy (non-hydrogen) atoms. The average Bonchev–Trinajstić information content (AvgIpc) is 2.76. The summed E-state index contributed by atoms with van der Waals surface area (Å²) in [5.41, 5.74) is 6.01. The van der Waals surface area contributed by atoms with Gasteiger partial charge >= 0.3 is 0 Å². The smallest absolute Gasteiger partial charge is 0.185 e. The lowest BCUT2D eigenvalue weighted by atomic mass is 10.1. The van der Waals surface area contributed by atoms with Crippen LogP contribution in [0.4, 0.5) is 5.13 Å². The van der Waals surface area contributed by atoms with Gasteiger partial charge in [-0.1, -0.05) is 6.92 Å². The maximum Gasteiger partial charge on any atom is 0.185 e. The molecule has 2 N–H and O–H groups in total. The molecular weight excluding hydrogens is 220 g/mol. The van der Waals surface area contributed by atoms with Gasteiger partial charge in [0.1, 0.15) is 0 Å². The summed E-state index contributed by atoms with van der Waals surface area (Å²) in [7, 11) is 4.05. The minimum absolute atomic E-state index is 0.334. The van der Waals surface area contributed by atoms with Gasteiger partial charge in [-0.05, 0) is 5.92 Å². The number of anilines is 1. The van der Waals surface area contributed by atoms with Gasteiger partial charge in [0.2, 0.25) is 0 Å². The third-order valence-corrected chi connectivity index (χ3v) is 4.20. The summed E-state index contributed by atoms with van der Waals surface area (Å²) in [5.74, 6) is 0.612. The molecule has 2 unspecified atom stereocenters. The van der Waals surface area contributed by atoms with Crippen molar-refractivity contribution in [3.8, 4) is 0 Å². The normalized spacial score (nSPS) is 26.2. The highest BCUT2D eigenvalue weighted by Gasteiger charge is 2.26. The van der Waals surface area contributed by atoms with Crippen LogP contribution >= 0.6 is 11.3 Å². The van der Waals surface area contributed by atoms with Crippen molar-refractivity contribution in [2.45, 2.75) is 19.5 Å². The third kappa shape index (κ3) is 2.53. The Morgan fingerprint density at radius 1 is 1.56 bits per heavy atom. The highest BCUT2D eigenvalue weighted by Crippen LogP contribution is 2.24. The number of nitrogens with two attached hydrogens (primary N) is 1. The van der Waals surface area contributed by atoms with E-state index in [-0.39, 0.29) is 0 Å². The first-order valence-electron chi connectivity index (χ1n) is 5.66. The van der Waals surface area contributed by atoms with E-state index >= 15 is 0 Å². The summed E-state index contributed by atoms with van der Waals surface area (Å²) in [6.07, 6.45) is 1.98. The minimum atomic E-state index is 0.334. The molecule has 5 heteroatoms. The zero-order chi connectivity index (χ0) is 11.7. The number of rotatable bonds is 3. The second kappa shape index (κ2) is 4.69. The molecule has 0 spiro atoms. The zero-order valence-corrected chi connectivity index (χ0v) is 11.0. The van der Waals surface area contributed by atoms with E-state index < -0.39 is 0 Å². The van der Waals surface area contributed by atoms with Crippen LogP contribution in [0, 0.1) is 5.92 Å². The molecule has 0 saturated carbocycles. The van der Waals surface area contributed by atoms with Crippen molar-refractivity contribution in [2.24, 2.45) is 11.7 Å². The van der Waals surface area contributed by atoms with Crippen molar-refractivity contribution in [2.75, 3.05) is 32.1 Å². The molecule has 1 aliphatic rings. The van der Waals surface area contributed by atoms with E-state index in [9.17, 15) is 0 Å². The lowest BCUT2D eigenvalue weighted by Gasteiger charge is -2.13. The molecule has 0 aliphatic carbocycles. The van der Waals surface area contributed by atoms with Crippen LogP contribution in [0.3, 0.4) is 0 Å². The number of hydrogen-bond acceptors (Lipinski definition) is 5. The quantitative estimate of drug-likeness (QED) is 0.856. The number of nitrogens with zero attached hydrogens (tertiary/aromatic N) is 3. The molecule has 0 aromatic carbocycles. The number of thiazole rings is 1. The predicted molar refractivity (Wildman–Crippen MR) is 68.9 cm³/mol. The fourth-order valence-corrected chi connectivity index (χ4v) is 2.90. The largest absolute Gasteiger partial charge is 0.354 e. The van der Waals surface area contributed by atoms with Gasteiger partial charge in [0.15, 0.2) is 5.13 Å². The van der Waals surface area contributed by atoms with E-state index in [2.05, 4.69) is 16.8 Å². The first kappa shape index (κ1) is 11.8. The van der Waals surface area contributed by atoms with Crippen LogP contribution in [-0.4, -0.2) is 43.1 Å². The van der Waals surface area contributed by atoms with Crippen LogP contribution in [-0.2, 0) is 6.54 Å². The monoisotopic (exact) mass is 240 g/mol. The Kier molecular flexibility index (Phi) is 3.47. The van der Waals surface area contributed by atoms with Crippen LogP contribution in [0.25, 0.3) is 0 Å². The second-order valence-electron chi connectivity index (χ2n) is 4.84. The Morgan fingerprint density at radius 2 is 2.31 bits per heavy atom. The Balaban J connectivity index is 1.94. The van der Waals surface area contributed by atoms with Crippen LogP contribution in [0.2, 0.25) is 0 Å². The SMILES string of the molecule is CC1CN(Cc2cnc(N(C)C)s2)CC1N. The fraction of sp³-hybridized carbons (Fsp3) is 0.727. The van der Waals surface area contributed by atoms with Gasteiger partial charge in [-0.3, -0.25) is 4.90 Å². The van der Waals surface area contributed by atoms with E-state index in [1.54, 1.807) is 11.3 Å². The van der Waals surface area contributed by atoms with Gasteiger partial charge in [-0.15, -0.1) is 11.3 Å². The van der Waals surface area contributed by atoms with Gasteiger partial charge in [0.05, 0.1) is 0 Å². The fourth-order valence-electron chi connectivity index (χ4n) is 2.02. The van der Waals surface area contributed by atoms with Gasteiger partial charge < -0.3 is 10.6 Å². The van der Waals surface area contributed by atoms with Crippen molar-refractivity contribution in [3.63, 3.8) is 0 Å². The van der Waals surface area contributed by atoms with Crippen molar-refractivity contribution in [3.05, 3.63) is 11.1 Å². The molecule has 1 aromatic rings. The molecule has 0 bridgehead atoms. The van der Waals surface area contributed by atoms with E-state index in [0.29, 0.717) is 12.0 Å². The Morgan fingerprint density at radius 3 is 2.81 bits per heavy atom. The summed E-state index contributed by atoms with van der Waals surface area (Å²) < 4.78 is 0. The van der Waals surface area contributed by atoms with Gasteiger partial charge in [-0.2, -0.15) is 0 Å². The van der Waals surface area contributed by atoms with Gasteiger partial charge in [0, 0.05) is 50.8 Å².